The highest BCUT2D eigenvalue weighted by Gasteiger charge is 2.32. The summed E-state index contributed by atoms with van der Waals surface area (Å²) in [5.74, 6) is 0.122. The minimum absolute atomic E-state index is 0.202. The first-order valence-electron chi connectivity index (χ1n) is 10.0. The number of benzene rings is 2. The lowest BCUT2D eigenvalue weighted by Crippen LogP contribution is -2.48. The maximum Gasteiger partial charge on any atom is 0.416 e. The molecule has 0 aromatic heterocycles. The first-order chi connectivity index (χ1) is 14.8. The Labute approximate surface area is 178 Å². The van der Waals surface area contributed by atoms with E-state index >= 15 is 0 Å². The van der Waals surface area contributed by atoms with Crippen molar-refractivity contribution in [1.82, 2.24) is 10.2 Å². The fraction of sp³-hybridized carbons (Fsp3) is 0.409. The molecule has 5 nitrogen and oxygen atoms in total. The second kappa shape index (κ2) is 10.1. The van der Waals surface area contributed by atoms with Crippen molar-refractivity contribution in [3.8, 4) is 0 Å². The van der Waals surface area contributed by atoms with E-state index in [4.69, 9.17) is 4.74 Å². The number of guanidine groups is 1. The van der Waals surface area contributed by atoms with Crippen molar-refractivity contribution in [3.63, 3.8) is 0 Å². The van der Waals surface area contributed by atoms with E-state index in [1.807, 2.05) is 11.8 Å². The van der Waals surface area contributed by atoms with Crippen molar-refractivity contribution < 1.29 is 27.4 Å². The van der Waals surface area contributed by atoms with Crippen LogP contribution < -0.4 is 5.32 Å². The van der Waals surface area contributed by atoms with Gasteiger partial charge in [0.2, 0.25) is 0 Å². The summed E-state index contributed by atoms with van der Waals surface area (Å²) in [5.41, 5.74) is 0.695. The Kier molecular flexibility index (Phi) is 7.50. The van der Waals surface area contributed by atoms with Gasteiger partial charge >= 0.3 is 6.18 Å². The molecular formula is C22H25F4N3O2. The zero-order valence-electron chi connectivity index (χ0n) is 17.1. The van der Waals surface area contributed by atoms with E-state index in [1.165, 1.54) is 12.1 Å². The van der Waals surface area contributed by atoms with Gasteiger partial charge in [-0.25, -0.2) is 9.38 Å². The molecule has 0 bridgehead atoms. The lowest BCUT2D eigenvalue weighted by molar-refractivity contribution is -0.137. The van der Waals surface area contributed by atoms with Gasteiger partial charge in [0.15, 0.2) is 5.96 Å². The quantitative estimate of drug-likeness (QED) is 0.422. The third-order valence-corrected chi connectivity index (χ3v) is 4.98. The lowest BCUT2D eigenvalue weighted by atomic mass is 10.0. The zero-order valence-corrected chi connectivity index (χ0v) is 17.1. The number of aliphatic imine (C=N–C) groups is 1. The number of hydrogen-bond donors (Lipinski definition) is 2. The molecule has 2 N–H and O–H groups in total. The van der Waals surface area contributed by atoms with Crippen LogP contribution in [0.3, 0.4) is 0 Å². The Bertz CT molecular complexity index is 918. The van der Waals surface area contributed by atoms with E-state index < -0.39 is 30.3 Å². The molecule has 1 aliphatic heterocycles. The van der Waals surface area contributed by atoms with Gasteiger partial charge in [0.05, 0.1) is 31.9 Å². The summed E-state index contributed by atoms with van der Waals surface area (Å²) in [6, 6.07) is 9.63. The fourth-order valence-corrected chi connectivity index (χ4v) is 3.40. The Morgan fingerprint density at radius 2 is 2.06 bits per heavy atom. The number of nitrogens with one attached hydrogen (secondary N) is 1. The summed E-state index contributed by atoms with van der Waals surface area (Å²) in [7, 11) is 0. The smallest absolute Gasteiger partial charge is 0.392 e. The Morgan fingerprint density at radius 3 is 2.77 bits per heavy atom. The summed E-state index contributed by atoms with van der Waals surface area (Å²) in [6.07, 6.45) is -4.93. The molecule has 1 heterocycles. The minimum atomic E-state index is -4.41. The van der Waals surface area contributed by atoms with Crippen LogP contribution in [0.5, 0.6) is 0 Å². The zero-order chi connectivity index (χ0) is 22.4. The van der Waals surface area contributed by atoms with E-state index in [1.54, 1.807) is 18.2 Å². The van der Waals surface area contributed by atoms with Crippen molar-refractivity contribution in [2.45, 2.75) is 32.4 Å². The molecule has 2 aromatic rings. The van der Waals surface area contributed by atoms with Crippen LogP contribution in [0.15, 0.2) is 47.5 Å². The van der Waals surface area contributed by atoms with Crippen LogP contribution in [0.25, 0.3) is 0 Å². The Morgan fingerprint density at radius 1 is 1.26 bits per heavy atom. The molecule has 3 rings (SSSR count). The lowest BCUT2D eigenvalue weighted by Gasteiger charge is -2.35. The molecule has 1 saturated heterocycles. The third kappa shape index (κ3) is 5.95. The van der Waals surface area contributed by atoms with Crippen molar-refractivity contribution in [1.29, 1.82) is 0 Å². The number of ether oxygens (including phenoxy) is 1. The molecule has 0 spiro atoms. The standard InChI is InChI=1S/C22H25F4N3O2/c1-2-27-21(28-12-15-6-7-19(23)17(10-15)14-30)29-8-9-31-20(13-29)16-4-3-5-18(11-16)22(24,25)26/h3-7,10-11,20,30H,2,8-9,12-14H2,1H3,(H,27,28). The van der Waals surface area contributed by atoms with Gasteiger partial charge in [-0.2, -0.15) is 13.2 Å². The molecule has 1 unspecified atom stereocenters. The van der Waals surface area contributed by atoms with Gasteiger partial charge in [0.1, 0.15) is 11.9 Å². The van der Waals surface area contributed by atoms with Gasteiger partial charge in [-0.15, -0.1) is 0 Å². The molecule has 2 aromatic carbocycles. The van der Waals surface area contributed by atoms with E-state index in [2.05, 4.69) is 10.3 Å². The predicted octanol–water partition coefficient (Wildman–Crippen LogP) is 3.88. The van der Waals surface area contributed by atoms with Crippen LogP contribution >= 0.6 is 0 Å². The molecule has 31 heavy (non-hydrogen) atoms. The van der Waals surface area contributed by atoms with Crippen molar-refractivity contribution in [3.05, 3.63) is 70.5 Å². The number of hydrogen-bond acceptors (Lipinski definition) is 3. The van der Waals surface area contributed by atoms with Crippen LogP contribution in [0.4, 0.5) is 17.6 Å². The number of halogens is 4. The van der Waals surface area contributed by atoms with Gasteiger partial charge in [-0.3, -0.25) is 0 Å². The molecule has 1 fully saturated rings. The van der Waals surface area contributed by atoms with E-state index in [9.17, 15) is 22.7 Å². The molecule has 1 aliphatic rings. The number of rotatable bonds is 5. The van der Waals surface area contributed by atoms with Crippen molar-refractivity contribution in [2.75, 3.05) is 26.2 Å². The van der Waals surface area contributed by atoms with Gasteiger partial charge in [-0.1, -0.05) is 18.2 Å². The largest absolute Gasteiger partial charge is 0.416 e. The molecule has 9 heteroatoms. The van der Waals surface area contributed by atoms with Crippen LogP contribution in [0.2, 0.25) is 0 Å². The number of aliphatic hydroxyl groups excluding tert-OH is 1. The van der Waals surface area contributed by atoms with E-state index in [0.29, 0.717) is 37.8 Å². The SMILES string of the molecule is CCNC(=NCc1ccc(F)c(CO)c1)N1CCOC(c2cccc(C(F)(F)F)c2)C1. The fourth-order valence-electron chi connectivity index (χ4n) is 3.40. The normalized spacial score (nSPS) is 17.7. The number of aliphatic hydroxyl groups is 1. The van der Waals surface area contributed by atoms with Crippen LogP contribution in [0.1, 0.15) is 35.3 Å². The maximum atomic E-state index is 13.6. The van der Waals surface area contributed by atoms with Crippen molar-refractivity contribution >= 4 is 5.96 Å². The summed E-state index contributed by atoms with van der Waals surface area (Å²) in [6.45, 7) is 3.62. The maximum absolute atomic E-state index is 13.6. The molecule has 0 amide bonds. The first-order valence-corrected chi connectivity index (χ1v) is 10.0. The molecule has 1 atom stereocenters. The third-order valence-electron chi connectivity index (χ3n) is 4.98. The molecule has 168 valence electrons. The molecule has 0 saturated carbocycles. The van der Waals surface area contributed by atoms with Crippen molar-refractivity contribution in [2.24, 2.45) is 4.99 Å². The van der Waals surface area contributed by atoms with Crippen LogP contribution in [0, 0.1) is 5.82 Å². The molecular weight excluding hydrogens is 414 g/mol. The Balaban J connectivity index is 1.76. The molecule has 0 aliphatic carbocycles. The van der Waals surface area contributed by atoms with Gasteiger partial charge in [0.25, 0.3) is 0 Å². The van der Waals surface area contributed by atoms with Crippen LogP contribution in [-0.2, 0) is 24.1 Å². The average molecular weight is 439 g/mol. The number of morpholine rings is 1. The van der Waals surface area contributed by atoms with E-state index in [-0.39, 0.29) is 12.1 Å². The van der Waals surface area contributed by atoms with Gasteiger partial charge in [0, 0.05) is 18.7 Å². The van der Waals surface area contributed by atoms with Gasteiger partial charge < -0.3 is 20.1 Å². The van der Waals surface area contributed by atoms with Gasteiger partial charge in [-0.05, 0) is 42.3 Å². The summed E-state index contributed by atoms with van der Waals surface area (Å²) in [4.78, 5) is 6.53. The predicted molar refractivity (Wildman–Crippen MR) is 109 cm³/mol. The summed E-state index contributed by atoms with van der Waals surface area (Å²) >= 11 is 0. The van der Waals surface area contributed by atoms with Crippen LogP contribution in [-0.4, -0.2) is 42.2 Å². The minimum Gasteiger partial charge on any atom is -0.392 e. The summed E-state index contributed by atoms with van der Waals surface area (Å²) in [5, 5.41) is 12.4. The highest BCUT2D eigenvalue weighted by atomic mass is 19.4. The highest BCUT2D eigenvalue weighted by Crippen LogP contribution is 2.32. The molecule has 0 radical (unpaired) electrons. The Hall–Kier alpha value is -2.65. The monoisotopic (exact) mass is 439 g/mol. The number of alkyl halides is 3. The number of nitrogens with zero attached hydrogens (tertiary/aromatic N) is 2. The highest BCUT2D eigenvalue weighted by molar-refractivity contribution is 5.80. The second-order valence-electron chi connectivity index (χ2n) is 7.18. The topological polar surface area (TPSA) is 57.1 Å². The average Bonchev–Trinajstić information content (AvgIpc) is 2.77. The first kappa shape index (κ1) is 23.0. The second-order valence-corrected chi connectivity index (χ2v) is 7.18. The van der Waals surface area contributed by atoms with E-state index in [0.717, 1.165) is 17.7 Å². The summed E-state index contributed by atoms with van der Waals surface area (Å²) < 4.78 is 58.5.